The fourth-order valence-corrected chi connectivity index (χ4v) is 3.35. The van der Waals surface area contributed by atoms with Crippen LogP contribution in [0, 0.1) is 5.92 Å². The second-order valence-corrected chi connectivity index (χ2v) is 7.82. The molecule has 2 amide bonds. The van der Waals surface area contributed by atoms with Gasteiger partial charge in [0.15, 0.2) is 12.7 Å². The molecule has 0 unspecified atom stereocenters. The van der Waals surface area contributed by atoms with Gasteiger partial charge < -0.3 is 25.0 Å². The minimum atomic E-state index is -2.96. The molecule has 2 aliphatic rings. The van der Waals surface area contributed by atoms with E-state index in [1.165, 1.54) is 23.2 Å². The van der Waals surface area contributed by atoms with Crippen LogP contribution < -0.4 is 25.0 Å². The van der Waals surface area contributed by atoms with Gasteiger partial charge in [-0.25, -0.2) is 23.7 Å². The van der Waals surface area contributed by atoms with Crippen LogP contribution in [0.2, 0.25) is 0 Å². The second kappa shape index (κ2) is 8.52. The van der Waals surface area contributed by atoms with Gasteiger partial charge in [-0.1, -0.05) is 0 Å². The fourth-order valence-electron chi connectivity index (χ4n) is 3.35. The number of rotatable bonds is 8. The number of ether oxygens (including phenoxy) is 2. The molecule has 2 aromatic heterocycles. The van der Waals surface area contributed by atoms with E-state index in [1.54, 1.807) is 12.4 Å². The van der Waals surface area contributed by atoms with E-state index in [4.69, 9.17) is 15.2 Å². The van der Waals surface area contributed by atoms with Crippen molar-refractivity contribution in [1.82, 2.24) is 15.0 Å². The van der Waals surface area contributed by atoms with Gasteiger partial charge in [0.25, 0.3) is 11.8 Å². The van der Waals surface area contributed by atoms with E-state index >= 15 is 0 Å². The Bertz CT molecular complexity index is 977. The molecule has 0 aromatic carbocycles. The third kappa shape index (κ3) is 4.84. The first-order valence-electron chi connectivity index (χ1n) is 10.0. The Balaban J connectivity index is 1.31. The van der Waals surface area contributed by atoms with E-state index < -0.39 is 18.6 Å². The predicted molar refractivity (Wildman–Crippen MR) is 109 cm³/mol. The van der Waals surface area contributed by atoms with Gasteiger partial charge in [-0.15, -0.1) is 0 Å². The quantitative estimate of drug-likeness (QED) is 0.635. The molecule has 0 aliphatic carbocycles. The van der Waals surface area contributed by atoms with Gasteiger partial charge in [0.05, 0.1) is 30.2 Å². The highest BCUT2D eigenvalue weighted by Crippen LogP contribution is 2.27. The molecule has 170 valence electrons. The molecule has 0 bridgehead atoms. The zero-order valence-electron chi connectivity index (χ0n) is 17.3. The van der Waals surface area contributed by atoms with Crippen LogP contribution in [0.15, 0.2) is 30.7 Å². The molecule has 0 radical (unpaired) electrons. The summed E-state index contributed by atoms with van der Waals surface area (Å²) in [4.78, 5) is 39.7. The molecular formula is C20H22F2N6O4. The van der Waals surface area contributed by atoms with Crippen LogP contribution in [0.4, 0.5) is 20.4 Å². The Morgan fingerprint density at radius 1 is 1.22 bits per heavy atom. The summed E-state index contributed by atoms with van der Waals surface area (Å²) in [7, 11) is 0. The maximum absolute atomic E-state index is 12.9. The molecule has 12 heteroatoms. The number of primary amides is 1. The summed E-state index contributed by atoms with van der Waals surface area (Å²) >= 11 is 0. The molecule has 4 rings (SSSR count). The van der Waals surface area contributed by atoms with E-state index in [2.05, 4.69) is 15.0 Å². The molecule has 0 spiro atoms. The van der Waals surface area contributed by atoms with Crippen LogP contribution in [-0.4, -0.2) is 65.0 Å². The number of carbonyl (C=O) groups excluding carboxylic acids is 2. The molecule has 32 heavy (non-hydrogen) atoms. The van der Waals surface area contributed by atoms with E-state index in [0.29, 0.717) is 43.4 Å². The number of hydrogen-bond donors (Lipinski definition) is 1. The van der Waals surface area contributed by atoms with Crippen molar-refractivity contribution in [3.05, 3.63) is 30.7 Å². The Morgan fingerprint density at radius 3 is 2.53 bits per heavy atom. The fraction of sp³-hybridized carbons (Fsp3) is 0.450. The summed E-state index contributed by atoms with van der Waals surface area (Å²) in [5.41, 5.74) is 5.81. The first-order valence-corrected chi connectivity index (χ1v) is 10.0. The molecule has 2 aliphatic heterocycles. The summed E-state index contributed by atoms with van der Waals surface area (Å²) in [5, 5.41) is 0. The Morgan fingerprint density at radius 2 is 1.94 bits per heavy atom. The lowest BCUT2D eigenvalue weighted by atomic mass is 10.0. The monoisotopic (exact) mass is 448 g/mol. The number of amides is 2. The summed E-state index contributed by atoms with van der Waals surface area (Å²) in [6, 6.07) is 2.92. The van der Waals surface area contributed by atoms with Gasteiger partial charge in [0.2, 0.25) is 17.7 Å². The molecular weight excluding hydrogens is 426 g/mol. The standard InChI is InChI=1S/C20H22F2N6O4/c1-20(21,22)11-31-16-3-2-14(8-24-16)32-15-4-5-28(18(15)30)13-6-25-19(26-7-13)27-9-12(10-27)17(23)29/h2-3,6-8,12,15H,4-5,9-11H2,1H3,(H2,23,29)/t15-/m1/s1. The van der Waals surface area contributed by atoms with E-state index in [1.807, 2.05) is 4.90 Å². The average Bonchev–Trinajstić information content (AvgIpc) is 3.06. The largest absolute Gasteiger partial charge is 0.479 e. The summed E-state index contributed by atoms with van der Waals surface area (Å²) in [6.07, 6.45) is 4.17. The molecule has 10 nitrogen and oxygen atoms in total. The summed E-state index contributed by atoms with van der Waals surface area (Å²) in [6.45, 7) is 1.36. The predicted octanol–water partition coefficient (Wildman–Crippen LogP) is 1.01. The summed E-state index contributed by atoms with van der Waals surface area (Å²) < 4.78 is 36.3. The second-order valence-electron chi connectivity index (χ2n) is 7.82. The smallest absolute Gasteiger partial charge is 0.278 e. The van der Waals surface area contributed by atoms with Gasteiger partial charge in [-0.05, 0) is 6.07 Å². The third-order valence-corrected chi connectivity index (χ3v) is 5.12. The van der Waals surface area contributed by atoms with Crippen molar-refractivity contribution in [2.75, 3.05) is 36.0 Å². The molecule has 2 fully saturated rings. The van der Waals surface area contributed by atoms with Gasteiger partial charge in [0.1, 0.15) is 5.75 Å². The number of nitrogens with two attached hydrogens (primary N) is 1. The maximum atomic E-state index is 12.9. The van der Waals surface area contributed by atoms with Crippen LogP contribution in [0.1, 0.15) is 13.3 Å². The van der Waals surface area contributed by atoms with Crippen molar-refractivity contribution in [1.29, 1.82) is 0 Å². The van der Waals surface area contributed by atoms with Gasteiger partial charge >= 0.3 is 0 Å². The number of carbonyl (C=O) groups is 2. The van der Waals surface area contributed by atoms with Crippen LogP contribution in [-0.2, 0) is 9.59 Å². The third-order valence-electron chi connectivity index (χ3n) is 5.12. The Kier molecular flexibility index (Phi) is 5.76. The van der Waals surface area contributed by atoms with E-state index in [-0.39, 0.29) is 23.6 Å². The molecule has 1 atom stereocenters. The van der Waals surface area contributed by atoms with Crippen LogP contribution in [0.25, 0.3) is 0 Å². The van der Waals surface area contributed by atoms with Crippen molar-refractivity contribution < 1.29 is 27.8 Å². The van der Waals surface area contributed by atoms with Crippen LogP contribution in [0.3, 0.4) is 0 Å². The number of pyridine rings is 1. The number of alkyl halides is 2. The van der Waals surface area contributed by atoms with Crippen molar-refractivity contribution in [2.45, 2.75) is 25.4 Å². The lowest BCUT2D eigenvalue weighted by molar-refractivity contribution is -0.123. The number of aromatic nitrogens is 3. The molecule has 2 N–H and O–H groups in total. The summed E-state index contributed by atoms with van der Waals surface area (Å²) in [5.74, 6) is -2.90. The Labute approximate surface area is 182 Å². The lowest BCUT2D eigenvalue weighted by Crippen LogP contribution is -2.53. The first kappa shape index (κ1) is 21.7. The van der Waals surface area contributed by atoms with Gasteiger partial charge in [0, 0.05) is 39.0 Å². The number of nitrogens with zero attached hydrogens (tertiary/aromatic N) is 5. The highest BCUT2D eigenvalue weighted by Gasteiger charge is 2.36. The van der Waals surface area contributed by atoms with E-state index in [9.17, 15) is 18.4 Å². The normalized spacial score (nSPS) is 19.1. The molecule has 0 saturated carbocycles. The minimum Gasteiger partial charge on any atom is -0.479 e. The molecule has 2 aromatic rings. The zero-order valence-corrected chi connectivity index (χ0v) is 17.3. The minimum absolute atomic E-state index is 0.0415. The SMILES string of the molecule is CC(F)(F)COc1ccc(O[C@@H]2CCN(c3cnc(N4CC(C(N)=O)C4)nc3)C2=O)cn1. The first-order chi connectivity index (χ1) is 15.2. The molecule has 2 saturated heterocycles. The highest BCUT2D eigenvalue weighted by molar-refractivity contribution is 5.98. The van der Waals surface area contributed by atoms with Crippen molar-refractivity contribution in [3.8, 4) is 11.6 Å². The average molecular weight is 448 g/mol. The lowest BCUT2D eigenvalue weighted by Gasteiger charge is -2.37. The van der Waals surface area contributed by atoms with Crippen LogP contribution >= 0.6 is 0 Å². The number of hydrogen-bond acceptors (Lipinski definition) is 8. The van der Waals surface area contributed by atoms with Crippen molar-refractivity contribution in [2.24, 2.45) is 11.7 Å². The molecule has 4 heterocycles. The maximum Gasteiger partial charge on any atom is 0.278 e. The number of halogens is 2. The van der Waals surface area contributed by atoms with Crippen molar-refractivity contribution >= 4 is 23.5 Å². The Hall–Kier alpha value is -3.57. The number of anilines is 2. The highest BCUT2D eigenvalue weighted by atomic mass is 19.3. The van der Waals surface area contributed by atoms with Gasteiger partial charge in [-0.2, -0.15) is 0 Å². The zero-order chi connectivity index (χ0) is 22.9. The van der Waals surface area contributed by atoms with Crippen molar-refractivity contribution in [3.63, 3.8) is 0 Å². The van der Waals surface area contributed by atoms with E-state index in [0.717, 1.165) is 6.92 Å². The topological polar surface area (TPSA) is 124 Å². The van der Waals surface area contributed by atoms with Gasteiger partial charge in [-0.3, -0.25) is 9.59 Å². The van der Waals surface area contributed by atoms with Crippen LogP contribution in [0.5, 0.6) is 11.6 Å².